The number of benzene rings is 3. The first-order valence-corrected chi connectivity index (χ1v) is 8.22. The number of fused-ring (bicyclic) bond motifs is 1. The number of nitrogens with zero attached hydrogens (tertiary/aromatic N) is 2. The van der Waals surface area contributed by atoms with Crippen LogP contribution in [0.3, 0.4) is 0 Å². The number of rotatable bonds is 3. The van der Waals surface area contributed by atoms with Gasteiger partial charge >= 0.3 is 0 Å². The molecule has 0 atom stereocenters. The van der Waals surface area contributed by atoms with Crippen LogP contribution in [-0.2, 0) is 10.1 Å². The van der Waals surface area contributed by atoms with Gasteiger partial charge in [-0.05, 0) is 41.8 Å². The summed E-state index contributed by atoms with van der Waals surface area (Å²) in [6, 6.07) is 13.3. The Morgan fingerprint density at radius 1 is 0.833 bits per heavy atom. The van der Waals surface area contributed by atoms with E-state index in [1.54, 1.807) is 30.3 Å². The first-order chi connectivity index (χ1) is 11.3. The molecule has 0 aliphatic rings. The van der Waals surface area contributed by atoms with Crippen molar-refractivity contribution in [1.82, 2.24) is 0 Å². The fraction of sp³-hybridized carbons (Fsp3) is 0. The predicted molar refractivity (Wildman–Crippen MR) is 87.7 cm³/mol. The van der Waals surface area contributed by atoms with Crippen LogP contribution in [0.1, 0.15) is 0 Å². The van der Waals surface area contributed by atoms with Crippen molar-refractivity contribution in [3.8, 4) is 11.5 Å². The van der Waals surface area contributed by atoms with Crippen molar-refractivity contribution in [1.29, 1.82) is 0 Å². The van der Waals surface area contributed by atoms with Gasteiger partial charge in [-0.2, -0.15) is 13.5 Å². The fourth-order valence-corrected chi connectivity index (χ4v) is 2.72. The zero-order chi connectivity index (χ0) is 17.3. The standard InChI is InChI=1S/C16H12N2O5S/c19-15-4-2-1-3-14(15)18-17-11-5-6-13-10(7-11)8-12(9-16(13)20)24(21,22)23/h1-9,19-20H,(H,21,22,23). The SMILES string of the molecule is O=S(=O)(O)c1cc(O)c2ccc(N=Nc3ccccc3O)cc2c1. The topological polar surface area (TPSA) is 120 Å². The molecule has 24 heavy (non-hydrogen) atoms. The molecule has 0 aliphatic carbocycles. The number of phenolic OH excluding ortho intramolecular Hbond substituents is 2. The van der Waals surface area contributed by atoms with Gasteiger partial charge in [-0.25, -0.2) is 0 Å². The molecule has 3 N–H and O–H groups in total. The lowest BCUT2D eigenvalue weighted by Crippen LogP contribution is -1.97. The van der Waals surface area contributed by atoms with Crippen LogP contribution < -0.4 is 0 Å². The Morgan fingerprint density at radius 2 is 1.58 bits per heavy atom. The molecule has 0 unspecified atom stereocenters. The third-order valence-corrected chi connectivity index (χ3v) is 4.17. The average molecular weight is 344 g/mol. The first kappa shape index (κ1) is 15.9. The number of hydrogen-bond donors (Lipinski definition) is 3. The van der Waals surface area contributed by atoms with Gasteiger partial charge in [0.1, 0.15) is 17.2 Å². The highest BCUT2D eigenvalue weighted by molar-refractivity contribution is 7.85. The largest absolute Gasteiger partial charge is 0.507 e. The van der Waals surface area contributed by atoms with Crippen molar-refractivity contribution in [2.45, 2.75) is 4.90 Å². The van der Waals surface area contributed by atoms with Crippen LogP contribution in [0.4, 0.5) is 11.4 Å². The molecular formula is C16H12N2O5S. The molecule has 0 heterocycles. The lowest BCUT2D eigenvalue weighted by atomic mass is 10.1. The van der Waals surface area contributed by atoms with E-state index >= 15 is 0 Å². The Balaban J connectivity index is 2.06. The van der Waals surface area contributed by atoms with E-state index in [4.69, 9.17) is 4.55 Å². The maximum Gasteiger partial charge on any atom is 0.294 e. The van der Waals surface area contributed by atoms with Crippen molar-refractivity contribution in [3.63, 3.8) is 0 Å². The van der Waals surface area contributed by atoms with Gasteiger partial charge in [-0.3, -0.25) is 4.55 Å². The van der Waals surface area contributed by atoms with E-state index in [0.29, 0.717) is 16.5 Å². The number of hydrogen-bond acceptors (Lipinski definition) is 6. The summed E-state index contributed by atoms with van der Waals surface area (Å²) in [6.07, 6.45) is 0. The molecule has 0 amide bonds. The molecule has 122 valence electrons. The third kappa shape index (κ3) is 3.19. The van der Waals surface area contributed by atoms with Crippen LogP contribution in [0.15, 0.2) is 69.7 Å². The van der Waals surface area contributed by atoms with Crippen LogP contribution >= 0.6 is 0 Å². The zero-order valence-corrected chi connectivity index (χ0v) is 13.0. The third-order valence-electron chi connectivity index (χ3n) is 3.34. The summed E-state index contributed by atoms with van der Waals surface area (Å²) in [6.45, 7) is 0. The number of phenols is 2. The van der Waals surface area contributed by atoms with Gasteiger partial charge in [-0.1, -0.05) is 12.1 Å². The zero-order valence-electron chi connectivity index (χ0n) is 12.2. The van der Waals surface area contributed by atoms with Crippen molar-refractivity contribution >= 4 is 32.3 Å². The molecule has 0 radical (unpaired) electrons. The lowest BCUT2D eigenvalue weighted by Gasteiger charge is -2.05. The van der Waals surface area contributed by atoms with Gasteiger partial charge in [0.05, 0.1) is 10.6 Å². The molecule has 8 heteroatoms. The van der Waals surface area contributed by atoms with Crippen LogP contribution in [0.2, 0.25) is 0 Å². The van der Waals surface area contributed by atoms with Crippen molar-refractivity contribution in [3.05, 3.63) is 54.6 Å². The number of azo groups is 1. The maximum atomic E-state index is 11.2. The summed E-state index contributed by atoms with van der Waals surface area (Å²) < 4.78 is 31.6. The predicted octanol–water partition coefficient (Wildman–Crippen LogP) is 3.91. The first-order valence-electron chi connectivity index (χ1n) is 6.78. The van der Waals surface area contributed by atoms with E-state index in [1.807, 2.05) is 0 Å². The highest BCUT2D eigenvalue weighted by Gasteiger charge is 2.13. The fourth-order valence-electron chi connectivity index (χ4n) is 2.18. The molecule has 0 bridgehead atoms. The summed E-state index contributed by atoms with van der Waals surface area (Å²) >= 11 is 0. The van der Waals surface area contributed by atoms with Crippen LogP contribution in [-0.4, -0.2) is 23.2 Å². The molecule has 0 aromatic heterocycles. The molecular weight excluding hydrogens is 332 g/mol. The van der Waals surface area contributed by atoms with E-state index in [-0.39, 0.29) is 17.2 Å². The molecule has 0 aliphatic heterocycles. The van der Waals surface area contributed by atoms with Gasteiger partial charge in [0.15, 0.2) is 0 Å². The molecule has 0 spiro atoms. The van der Waals surface area contributed by atoms with Crippen LogP contribution in [0.5, 0.6) is 11.5 Å². The summed E-state index contributed by atoms with van der Waals surface area (Å²) in [5.41, 5.74) is 0.671. The van der Waals surface area contributed by atoms with Crippen LogP contribution in [0.25, 0.3) is 10.8 Å². The van der Waals surface area contributed by atoms with E-state index in [2.05, 4.69) is 10.2 Å². The monoisotopic (exact) mass is 344 g/mol. The maximum absolute atomic E-state index is 11.2. The van der Waals surface area contributed by atoms with Crippen LogP contribution in [0, 0.1) is 0 Å². The van der Waals surface area contributed by atoms with E-state index in [9.17, 15) is 18.6 Å². The minimum Gasteiger partial charge on any atom is -0.507 e. The molecule has 0 saturated heterocycles. The van der Waals surface area contributed by atoms with Gasteiger partial charge in [0.25, 0.3) is 10.1 Å². The summed E-state index contributed by atoms with van der Waals surface area (Å²) in [4.78, 5) is -0.415. The van der Waals surface area contributed by atoms with Crippen molar-refractivity contribution in [2.75, 3.05) is 0 Å². The quantitative estimate of drug-likeness (QED) is 0.491. The second-order valence-electron chi connectivity index (χ2n) is 5.01. The lowest BCUT2D eigenvalue weighted by molar-refractivity contribution is 0.471. The highest BCUT2D eigenvalue weighted by atomic mass is 32.2. The summed E-state index contributed by atoms with van der Waals surface area (Å²) in [5.74, 6) is -0.294. The Hall–Kier alpha value is -2.97. The Bertz CT molecular complexity index is 1060. The Morgan fingerprint density at radius 3 is 2.29 bits per heavy atom. The van der Waals surface area contributed by atoms with Gasteiger partial charge < -0.3 is 10.2 Å². The smallest absolute Gasteiger partial charge is 0.294 e. The minimum absolute atomic E-state index is 0.0201. The number of aromatic hydroxyl groups is 2. The highest BCUT2D eigenvalue weighted by Crippen LogP contribution is 2.32. The molecule has 0 fully saturated rings. The average Bonchev–Trinajstić information content (AvgIpc) is 2.53. The van der Waals surface area contributed by atoms with Crippen molar-refractivity contribution in [2.24, 2.45) is 10.2 Å². The molecule has 7 nitrogen and oxygen atoms in total. The number of para-hydroxylation sites is 1. The summed E-state index contributed by atoms with van der Waals surface area (Å²) in [7, 11) is -4.44. The second kappa shape index (κ2) is 5.91. The molecule has 3 aromatic rings. The minimum atomic E-state index is -4.44. The second-order valence-corrected chi connectivity index (χ2v) is 6.43. The van der Waals surface area contributed by atoms with Crippen molar-refractivity contribution < 1.29 is 23.2 Å². The Labute approximate surface area is 137 Å². The Kier molecular flexibility index (Phi) is 3.92. The molecule has 3 aromatic carbocycles. The van der Waals surface area contributed by atoms with Gasteiger partial charge in [-0.15, -0.1) is 5.11 Å². The van der Waals surface area contributed by atoms with Gasteiger partial charge in [0, 0.05) is 11.5 Å². The normalized spacial score (nSPS) is 12.0. The van der Waals surface area contributed by atoms with E-state index in [1.165, 1.54) is 18.2 Å². The molecule has 0 saturated carbocycles. The summed E-state index contributed by atoms with van der Waals surface area (Å²) in [5, 5.41) is 28.2. The molecule has 3 rings (SSSR count). The van der Waals surface area contributed by atoms with E-state index in [0.717, 1.165) is 6.07 Å². The van der Waals surface area contributed by atoms with Gasteiger partial charge in [0.2, 0.25) is 0 Å². The van der Waals surface area contributed by atoms with E-state index < -0.39 is 15.0 Å².